The van der Waals surface area contributed by atoms with E-state index in [9.17, 15) is 4.79 Å². The second kappa shape index (κ2) is 3.71. The molecule has 1 aromatic heterocycles. The lowest BCUT2D eigenvalue weighted by molar-refractivity contribution is -0.0709. The number of likely N-dealkylation sites (tertiary alicyclic amines) is 1. The number of aromatic nitrogens is 2. The summed E-state index contributed by atoms with van der Waals surface area (Å²) >= 11 is 3.35. The molecule has 7 heteroatoms. The molecule has 2 aliphatic heterocycles. The van der Waals surface area contributed by atoms with Crippen LogP contribution in [0, 0.1) is 0 Å². The standard InChI is InChI=1S/C10H12BrN3O3/c11-8-5-7-10(17-4-3-14(7)12-8)1-2-13(6-10)9(15)16/h5H,1-4,6H2,(H,15,16)/t10-/m1/s1. The van der Waals surface area contributed by atoms with Gasteiger partial charge in [0.05, 0.1) is 25.4 Å². The molecule has 1 fully saturated rings. The van der Waals surface area contributed by atoms with Crippen LogP contribution >= 0.6 is 15.9 Å². The highest BCUT2D eigenvalue weighted by molar-refractivity contribution is 9.10. The Bertz CT molecular complexity index is 475. The first-order valence-corrected chi connectivity index (χ1v) is 6.26. The average Bonchev–Trinajstić information content (AvgIpc) is 2.84. The molecule has 0 unspecified atom stereocenters. The number of amides is 1. The minimum atomic E-state index is -0.888. The van der Waals surface area contributed by atoms with Gasteiger partial charge in [0.2, 0.25) is 0 Å². The third-order valence-corrected chi connectivity index (χ3v) is 3.79. The van der Waals surface area contributed by atoms with Crippen molar-refractivity contribution in [1.29, 1.82) is 0 Å². The van der Waals surface area contributed by atoms with Crippen molar-refractivity contribution in [2.45, 2.75) is 18.6 Å². The van der Waals surface area contributed by atoms with Gasteiger partial charge in [0.1, 0.15) is 10.2 Å². The van der Waals surface area contributed by atoms with Crippen molar-refractivity contribution >= 4 is 22.0 Å². The van der Waals surface area contributed by atoms with Gasteiger partial charge in [0.15, 0.2) is 0 Å². The quantitative estimate of drug-likeness (QED) is 0.783. The van der Waals surface area contributed by atoms with E-state index >= 15 is 0 Å². The maximum absolute atomic E-state index is 11.0. The normalized spacial score (nSPS) is 27.5. The van der Waals surface area contributed by atoms with Gasteiger partial charge in [-0.15, -0.1) is 0 Å². The van der Waals surface area contributed by atoms with E-state index in [1.165, 1.54) is 4.90 Å². The van der Waals surface area contributed by atoms with E-state index in [1.807, 2.05) is 10.7 Å². The number of fused-ring (bicyclic) bond motifs is 2. The fourth-order valence-corrected chi connectivity index (χ4v) is 3.00. The molecule has 3 rings (SSSR count). The van der Waals surface area contributed by atoms with E-state index in [0.29, 0.717) is 26.1 Å². The molecule has 1 aromatic rings. The van der Waals surface area contributed by atoms with Crippen LogP contribution in [0.1, 0.15) is 12.1 Å². The Morgan fingerprint density at radius 3 is 3.12 bits per heavy atom. The van der Waals surface area contributed by atoms with Crippen LogP contribution in [0.3, 0.4) is 0 Å². The minimum absolute atomic E-state index is 0.389. The summed E-state index contributed by atoms with van der Waals surface area (Å²) in [5.41, 5.74) is 0.467. The van der Waals surface area contributed by atoms with Crippen molar-refractivity contribution in [3.63, 3.8) is 0 Å². The first-order valence-electron chi connectivity index (χ1n) is 5.46. The molecule has 2 aliphatic rings. The number of hydrogen-bond donors (Lipinski definition) is 1. The number of halogens is 1. The first kappa shape index (κ1) is 11.0. The van der Waals surface area contributed by atoms with E-state index in [4.69, 9.17) is 9.84 Å². The largest absolute Gasteiger partial charge is 0.465 e. The first-order chi connectivity index (χ1) is 8.11. The van der Waals surface area contributed by atoms with Crippen molar-refractivity contribution in [2.75, 3.05) is 19.7 Å². The zero-order valence-electron chi connectivity index (χ0n) is 9.10. The van der Waals surface area contributed by atoms with E-state index < -0.39 is 11.7 Å². The minimum Gasteiger partial charge on any atom is -0.465 e. The van der Waals surface area contributed by atoms with E-state index in [-0.39, 0.29) is 0 Å². The van der Waals surface area contributed by atoms with E-state index in [2.05, 4.69) is 21.0 Å². The van der Waals surface area contributed by atoms with Crippen molar-refractivity contribution in [3.05, 3.63) is 16.4 Å². The Hall–Kier alpha value is -1.08. The van der Waals surface area contributed by atoms with Gasteiger partial charge < -0.3 is 14.7 Å². The molecule has 1 atom stereocenters. The molecule has 17 heavy (non-hydrogen) atoms. The average molecular weight is 302 g/mol. The number of hydrogen-bond acceptors (Lipinski definition) is 3. The van der Waals surface area contributed by atoms with Crippen LogP contribution in [-0.2, 0) is 16.9 Å². The molecule has 0 radical (unpaired) electrons. The van der Waals surface area contributed by atoms with Crippen molar-refractivity contribution in [1.82, 2.24) is 14.7 Å². The molecule has 0 bridgehead atoms. The van der Waals surface area contributed by atoms with Crippen molar-refractivity contribution < 1.29 is 14.6 Å². The highest BCUT2D eigenvalue weighted by Gasteiger charge is 2.46. The summed E-state index contributed by atoms with van der Waals surface area (Å²) in [6.45, 7) is 2.20. The molecular formula is C10H12BrN3O3. The third kappa shape index (κ3) is 1.64. The summed E-state index contributed by atoms with van der Waals surface area (Å²) in [6, 6.07) is 1.92. The van der Waals surface area contributed by atoms with Crippen LogP contribution in [0.2, 0.25) is 0 Å². The lowest BCUT2D eigenvalue weighted by atomic mass is 9.97. The topological polar surface area (TPSA) is 67.6 Å². The number of carboxylic acid groups (broad SMARTS) is 1. The molecule has 1 spiro atoms. The Balaban J connectivity index is 1.97. The summed E-state index contributed by atoms with van der Waals surface area (Å²) in [4.78, 5) is 12.4. The van der Waals surface area contributed by atoms with Gasteiger partial charge in [0, 0.05) is 13.0 Å². The molecule has 92 valence electrons. The van der Waals surface area contributed by atoms with Gasteiger partial charge in [-0.1, -0.05) is 0 Å². The van der Waals surface area contributed by atoms with Gasteiger partial charge in [-0.05, 0) is 22.0 Å². The lowest BCUT2D eigenvalue weighted by Gasteiger charge is -2.33. The monoisotopic (exact) mass is 301 g/mol. The van der Waals surface area contributed by atoms with Gasteiger partial charge in [0.25, 0.3) is 0 Å². The zero-order valence-corrected chi connectivity index (χ0v) is 10.7. The predicted molar refractivity (Wildman–Crippen MR) is 61.8 cm³/mol. The molecule has 6 nitrogen and oxygen atoms in total. The Morgan fingerprint density at radius 1 is 1.59 bits per heavy atom. The summed E-state index contributed by atoms with van der Waals surface area (Å²) in [7, 11) is 0. The molecule has 1 N–H and O–H groups in total. The summed E-state index contributed by atoms with van der Waals surface area (Å²) in [5, 5.41) is 13.3. The molecule has 0 aliphatic carbocycles. The van der Waals surface area contributed by atoms with E-state index in [0.717, 1.165) is 16.8 Å². The van der Waals surface area contributed by atoms with Gasteiger partial charge in [-0.2, -0.15) is 5.10 Å². The maximum atomic E-state index is 11.0. The Morgan fingerprint density at radius 2 is 2.41 bits per heavy atom. The lowest BCUT2D eigenvalue weighted by Crippen LogP contribution is -2.41. The van der Waals surface area contributed by atoms with Gasteiger partial charge in [-0.25, -0.2) is 4.79 Å². The molecule has 3 heterocycles. The summed E-state index contributed by atoms with van der Waals surface area (Å²) < 4.78 is 8.53. The van der Waals surface area contributed by atoms with Crippen LogP contribution in [0.5, 0.6) is 0 Å². The number of carbonyl (C=O) groups is 1. The molecule has 1 amide bonds. The SMILES string of the molecule is O=C(O)N1CC[C@]2(C1)OCCn1nc(Br)cc12. The van der Waals surface area contributed by atoms with Crippen LogP contribution in [0.4, 0.5) is 4.79 Å². The fraction of sp³-hybridized carbons (Fsp3) is 0.600. The summed E-state index contributed by atoms with van der Waals surface area (Å²) in [6.07, 6.45) is -0.196. The highest BCUT2D eigenvalue weighted by atomic mass is 79.9. The predicted octanol–water partition coefficient (Wildman–Crippen LogP) is 1.25. The fourth-order valence-electron chi connectivity index (χ4n) is 2.60. The number of ether oxygens (including phenoxy) is 1. The number of rotatable bonds is 0. The van der Waals surface area contributed by atoms with Crippen LogP contribution in [0.15, 0.2) is 10.7 Å². The molecule has 0 aromatic carbocycles. The second-order valence-electron chi connectivity index (χ2n) is 4.37. The van der Waals surface area contributed by atoms with Gasteiger partial charge >= 0.3 is 6.09 Å². The van der Waals surface area contributed by atoms with Crippen molar-refractivity contribution in [2.24, 2.45) is 0 Å². The molecule has 0 saturated carbocycles. The maximum Gasteiger partial charge on any atom is 0.407 e. The smallest absolute Gasteiger partial charge is 0.407 e. The zero-order chi connectivity index (χ0) is 12.0. The Kier molecular flexibility index (Phi) is 2.41. The molecular weight excluding hydrogens is 290 g/mol. The highest BCUT2D eigenvalue weighted by Crippen LogP contribution is 2.39. The van der Waals surface area contributed by atoms with Crippen LogP contribution < -0.4 is 0 Å². The van der Waals surface area contributed by atoms with Crippen LogP contribution in [0.25, 0.3) is 0 Å². The third-order valence-electron chi connectivity index (χ3n) is 3.40. The second-order valence-corrected chi connectivity index (χ2v) is 5.18. The summed E-state index contributed by atoms with van der Waals surface area (Å²) in [5.74, 6) is 0. The van der Waals surface area contributed by atoms with Gasteiger partial charge in [-0.3, -0.25) is 4.68 Å². The van der Waals surface area contributed by atoms with Crippen LogP contribution in [-0.4, -0.2) is 45.6 Å². The Labute approximate surface area is 106 Å². The molecule has 1 saturated heterocycles. The van der Waals surface area contributed by atoms with E-state index in [1.54, 1.807) is 0 Å². The number of nitrogens with zero attached hydrogens (tertiary/aromatic N) is 3. The van der Waals surface area contributed by atoms with Crippen molar-refractivity contribution in [3.8, 4) is 0 Å².